The third-order valence-electron chi connectivity index (χ3n) is 1.58. The Kier molecular flexibility index (Phi) is 3.22. The lowest BCUT2D eigenvalue weighted by atomic mass is 10.4. The molecule has 9 heteroatoms. The van der Waals surface area contributed by atoms with Crippen LogP contribution in [0.5, 0.6) is 0 Å². The molecule has 0 aromatic carbocycles. The lowest BCUT2D eigenvalue weighted by Crippen LogP contribution is -1.96. The SMILES string of the molecule is O=[N+]([O-])c1cccnc1/N=c1\ssnc1Cl. The summed E-state index contributed by atoms with van der Waals surface area (Å²) in [5.41, 5.74) is -0.156. The van der Waals surface area contributed by atoms with E-state index in [1.54, 1.807) is 0 Å². The van der Waals surface area contributed by atoms with Gasteiger partial charge in [-0.2, -0.15) is 4.37 Å². The van der Waals surface area contributed by atoms with Crippen molar-refractivity contribution in [2.75, 3.05) is 0 Å². The van der Waals surface area contributed by atoms with Crippen LogP contribution in [0.2, 0.25) is 5.15 Å². The molecule has 16 heavy (non-hydrogen) atoms. The van der Waals surface area contributed by atoms with E-state index in [1.807, 2.05) is 0 Å². The van der Waals surface area contributed by atoms with E-state index in [1.165, 1.54) is 39.2 Å². The molecule has 2 aromatic rings. The van der Waals surface area contributed by atoms with Crippen molar-refractivity contribution in [3.05, 3.63) is 38.3 Å². The van der Waals surface area contributed by atoms with Crippen molar-refractivity contribution in [1.82, 2.24) is 9.36 Å². The van der Waals surface area contributed by atoms with Crippen LogP contribution in [0.15, 0.2) is 23.3 Å². The molecule has 2 heterocycles. The molecule has 0 fully saturated rings. The summed E-state index contributed by atoms with van der Waals surface area (Å²) in [6.45, 7) is 0. The summed E-state index contributed by atoms with van der Waals surface area (Å²) >= 11 is 5.74. The highest BCUT2D eigenvalue weighted by molar-refractivity contribution is 7.66. The van der Waals surface area contributed by atoms with Crippen molar-refractivity contribution in [3.63, 3.8) is 0 Å². The molecular weight excluding hydrogens is 272 g/mol. The second-order valence-corrected chi connectivity index (χ2v) is 4.75. The van der Waals surface area contributed by atoms with Gasteiger partial charge in [0.05, 0.1) is 4.92 Å². The van der Waals surface area contributed by atoms with Crippen molar-refractivity contribution >= 4 is 44.0 Å². The molecule has 0 aliphatic carbocycles. The number of rotatable bonds is 2. The van der Waals surface area contributed by atoms with Gasteiger partial charge in [0.1, 0.15) is 0 Å². The molecule has 0 aliphatic heterocycles. The monoisotopic (exact) mass is 274 g/mol. The summed E-state index contributed by atoms with van der Waals surface area (Å²) in [7, 11) is 2.40. The highest BCUT2D eigenvalue weighted by Gasteiger charge is 2.13. The average molecular weight is 275 g/mol. The number of aromatic nitrogens is 2. The van der Waals surface area contributed by atoms with Crippen LogP contribution >= 0.6 is 32.5 Å². The van der Waals surface area contributed by atoms with Crippen LogP contribution in [0.3, 0.4) is 0 Å². The number of pyridine rings is 1. The first-order chi connectivity index (χ1) is 7.68. The maximum absolute atomic E-state index is 10.7. The Labute approximate surface area is 102 Å². The van der Waals surface area contributed by atoms with E-state index in [0.717, 1.165) is 0 Å². The lowest BCUT2D eigenvalue weighted by Gasteiger charge is -1.93. The second kappa shape index (κ2) is 4.64. The van der Waals surface area contributed by atoms with Crippen LogP contribution in [0.25, 0.3) is 0 Å². The van der Waals surface area contributed by atoms with Crippen LogP contribution in [0.4, 0.5) is 11.5 Å². The Hall–Kier alpha value is -1.38. The van der Waals surface area contributed by atoms with Crippen molar-refractivity contribution < 1.29 is 4.92 Å². The molecule has 0 radical (unpaired) electrons. The summed E-state index contributed by atoms with van der Waals surface area (Å²) in [4.78, 5) is 18.0. The fourth-order valence-corrected chi connectivity index (χ4v) is 2.91. The van der Waals surface area contributed by atoms with E-state index >= 15 is 0 Å². The first-order valence-corrected chi connectivity index (χ1v) is 6.42. The van der Waals surface area contributed by atoms with Gasteiger partial charge in [0.2, 0.25) is 5.82 Å². The van der Waals surface area contributed by atoms with E-state index in [2.05, 4.69) is 14.3 Å². The van der Waals surface area contributed by atoms with Gasteiger partial charge >= 0.3 is 5.69 Å². The van der Waals surface area contributed by atoms with Gasteiger partial charge in [0.25, 0.3) is 0 Å². The molecule has 0 N–H and O–H groups in total. The predicted molar refractivity (Wildman–Crippen MR) is 61.1 cm³/mol. The minimum absolute atomic E-state index is 0.0332. The first kappa shape index (κ1) is 11.1. The highest BCUT2D eigenvalue weighted by atomic mass is 35.5. The fraction of sp³-hybridized carbons (Fsp3) is 0. The fourth-order valence-electron chi connectivity index (χ4n) is 0.938. The molecule has 0 saturated heterocycles. The highest BCUT2D eigenvalue weighted by Crippen LogP contribution is 2.23. The molecule has 0 unspecified atom stereocenters. The minimum atomic E-state index is -0.537. The summed E-state index contributed by atoms with van der Waals surface area (Å²) in [5.74, 6) is 0.0332. The van der Waals surface area contributed by atoms with Crippen molar-refractivity contribution in [1.29, 1.82) is 0 Å². The van der Waals surface area contributed by atoms with Gasteiger partial charge in [0, 0.05) is 22.8 Å². The van der Waals surface area contributed by atoms with Crippen LogP contribution in [0, 0.1) is 10.1 Å². The summed E-state index contributed by atoms with van der Waals surface area (Å²) in [6, 6.07) is 2.82. The number of nitrogens with zero attached hydrogens (tertiary/aromatic N) is 4. The van der Waals surface area contributed by atoms with E-state index < -0.39 is 4.92 Å². The molecule has 2 aromatic heterocycles. The van der Waals surface area contributed by atoms with Crippen LogP contribution in [-0.4, -0.2) is 14.3 Å². The number of halogens is 1. The van der Waals surface area contributed by atoms with Gasteiger partial charge in [0.15, 0.2) is 9.82 Å². The topological polar surface area (TPSA) is 81.3 Å². The van der Waals surface area contributed by atoms with E-state index in [-0.39, 0.29) is 16.7 Å². The molecular formula is C7H3ClN4O2S2. The predicted octanol–water partition coefficient (Wildman–Crippen LogP) is 2.39. The Morgan fingerprint density at radius 2 is 2.38 bits per heavy atom. The van der Waals surface area contributed by atoms with Gasteiger partial charge in [-0.25, -0.2) is 9.98 Å². The molecule has 0 aliphatic rings. The zero-order valence-electron chi connectivity index (χ0n) is 7.53. The normalized spacial score (nSPS) is 11.7. The minimum Gasteiger partial charge on any atom is -0.258 e. The standard InChI is InChI=1S/C7H3ClN4O2S2/c8-5-7(15-16-11-5)10-6-4(12(13)14)2-1-3-9-6/h1-3H/b10-7-. The molecule has 2 rings (SSSR count). The molecule has 0 bridgehead atoms. The molecule has 82 valence electrons. The summed E-state index contributed by atoms with van der Waals surface area (Å²) < 4.78 is 4.25. The van der Waals surface area contributed by atoms with E-state index in [9.17, 15) is 10.1 Å². The average Bonchev–Trinajstić information content (AvgIpc) is 2.65. The van der Waals surface area contributed by atoms with Crippen molar-refractivity contribution in [2.45, 2.75) is 0 Å². The first-order valence-electron chi connectivity index (χ1n) is 3.94. The number of hydrogen-bond donors (Lipinski definition) is 0. The van der Waals surface area contributed by atoms with Crippen molar-refractivity contribution in [3.8, 4) is 0 Å². The van der Waals surface area contributed by atoms with Crippen LogP contribution < -0.4 is 4.67 Å². The molecule has 0 spiro atoms. The molecule has 0 atom stereocenters. The van der Waals surface area contributed by atoms with Crippen molar-refractivity contribution in [2.24, 2.45) is 4.99 Å². The maximum Gasteiger partial charge on any atom is 0.313 e. The smallest absolute Gasteiger partial charge is 0.258 e. The Morgan fingerprint density at radius 3 is 3.00 bits per heavy atom. The van der Waals surface area contributed by atoms with Gasteiger partial charge in [-0.15, -0.1) is 0 Å². The number of hydrogen-bond acceptors (Lipinski definition) is 7. The maximum atomic E-state index is 10.7. The Balaban J connectivity index is 2.58. The zero-order valence-corrected chi connectivity index (χ0v) is 9.92. The largest absolute Gasteiger partial charge is 0.313 e. The van der Waals surface area contributed by atoms with Gasteiger partial charge in [-0.05, 0) is 16.4 Å². The summed E-state index contributed by atoms with van der Waals surface area (Å²) in [6.07, 6.45) is 1.43. The lowest BCUT2D eigenvalue weighted by molar-refractivity contribution is -0.384. The summed E-state index contributed by atoms with van der Waals surface area (Å²) in [5, 5.41) is 10.9. The third kappa shape index (κ3) is 2.23. The Morgan fingerprint density at radius 1 is 1.56 bits per heavy atom. The molecule has 6 nitrogen and oxygen atoms in total. The Bertz CT molecular complexity index is 594. The van der Waals surface area contributed by atoms with E-state index in [0.29, 0.717) is 4.67 Å². The quantitative estimate of drug-likeness (QED) is 0.478. The van der Waals surface area contributed by atoms with Gasteiger partial charge < -0.3 is 0 Å². The van der Waals surface area contributed by atoms with Gasteiger partial charge in [-0.1, -0.05) is 11.6 Å². The van der Waals surface area contributed by atoms with Crippen LogP contribution in [-0.2, 0) is 0 Å². The number of nitro groups is 1. The van der Waals surface area contributed by atoms with Crippen LogP contribution in [0.1, 0.15) is 0 Å². The molecule has 0 amide bonds. The second-order valence-electron chi connectivity index (χ2n) is 2.56. The van der Waals surface area contributed by atoms with E-state index in [4.69, 9.17) is 11.6 Å². The molecule has 0 saturated carbocycles. The van der Waals surface area contributed by atoms with Gasteiger partial charge in [-0.3, -0.25) is 10.1 Å². The zero-order chi connectivity index (χ0) is 11.5. The third-order valence-corrected chi connectivity index (χ3v) is 3.75.